The molecule has 0 radical (unpaired) electrons. The van der Waals surface area contributed by atoms with Crippen LogP contribution in [0.2, 0.25) is 0 Å². The van der Waals surface area contributed by atoms with E-state index in [1.165, 1.54) is 29.7 Å². The maximum absolute atomic E-state index is 12.6. The van der Waals surface area contributed by atoms with Gasteiger partial charge in [-0.3, -0.25) is 14.5 Å². The molecule has 2 aliphatic carbocycles. The van der Waals surface area contributed by atoms with Gasteiger partial charge in [0.1, 0.15) is 0 Å². The molecule has 1 atom stereocenters. The minimum Gasteiger partial charge on any atom is -0.351 e. The second kappa shape index (κ2) is 8.95. The molecule has 4 rings (SSSR count). The molecule has 1 aliphatic heterocycles. The smallest absolute Gasteiger partial charge is 0.252 e. The molecule has 5 nitrogen and oxygen atoms in total. The van der Waals surface area contributed by atoms with Crippen molar-refractivity contribution in [3.05, 3.63) is 21.4 Å². The third-order valence-electron chi connectivity index (χ3n) is 6.75. The van der Waals surface area contributed by atoms with Gasteiger partial charge in [0.05, 0.1) is 5.56 Å². The number of rotatable bonds is 5. The Morgan fingerprint density at radius 2 is 1.89 bits per heavy atom. The summed E-state index contributed by atoms with van der Waals surface area (Å²) < 4.78 is 0. The monoisotopic (exact) mass is 403 g/mol. The summed E-state index contributed by atoms with van der Waals surface area (Å²) >= 11 is 1.75. The Balaban J connectivity index is 1.19. The lowest BCUT2D eigenvalue weighted by atomic mass is 9.88. The van der Waals surface area contributed by atoms with Crippen LogP contribution in [-0.4, -0.2) is 60.9 Å². The molecule has 0 spiro atoms. The first-order chi connectivity index (χ1) is 13.6. The van der Waals surface area contributed by atoms with Gasteiger partial charge >= 0.3 is 0 Å². The summed E-state index contributed by atoms with van der Waals surface area (Å²) in [6.07, 6.45) is 7.93. The number of amides is 2. The van der Waals surface area contributed by atoms with Crippen molar-refractivity contribution in [2.45, 2.75) is 51.9 Å². The lowest BCUT2D eigenvalue weighted by Crippen LogP contribution is -2.51. The molecule has 2 heterocycles. The predicted molar refractivity (Wildman–Crippen MR) is 113 cm³/mol. The van der Waals surface area contributed by atoms with Crippen LogP contribution in [0.1, 0.15) is 59.8 Å². The lowest BCUT2D eigenvalue weighted by molar-refractivity contribution is -0.137. The van der Waals surface area contributed by atoms with Gasteiger partial charge in [0, 0.05) is 55.4 Å². The van der Waals surface area contributed by atoms with Gasteiger partial charge in [0.2, 0.25) is 5.91 Å². The Labute approximate surface area is 172 Å². The van der Waals surface area contributed by atoms with E-state index in [-0.39, 0.29) is 11.8 Å². The first-order valence-electron chi connectivity index (χ1n) is 11.0. The number of nitrogens with zero attached hydrogens (tertiary/aromatic N) is 2. The van der Waals surface area contributed by atoms with E-state index in [1.807, 2.05) is 5.38 Å². The molecule has 1 N–H and O–H groups in total. The van der Waals surface area contributed by atoms with Crippen LogP contribution in [0.5, 0.6) is 0 Å². The third kappa shape index (κ3) is 4.43. The maximum atomic E-state index is 12.6. The van der Waals surface area contributed by atoms with Gasteiger partial charge in [-0.15, -0.1) is 11.3 Å². The predicted octanol–water partition coefficient (Wildman–Crippen LogP) is 2.94. The van der Waals surface area contributed by atoms with Crippen molar-refractivity contribution in [1.29, 1.82) is 0 Å². The Kier molecular flexibility index (Phi) is 6.36. The number of piperazine rings is 1. The van der Waals surface area contributed by atoms with Crippen LogP contribution >= 0.6 is 11.3 Å². The van der Waals surface area contributed by atoms with Crippen molar-refractivity contribution in [2.24, 2.45) is 11.8 Å². The third-order valence-corrected chi connectivity index (χ3v) is 7.80. The average molecular weight is 404 g/mol. The van der Waals surface area contributed by atoms with Crippen molar-refractivity contribution in [1.82, 2.24) is 15.1 Å². The van der Waals surface area contributed by atoms with Crippen molar-refractivity contribution >= 4 is 23.2 Å². The molecule has 28 heavy (non-hydrogen) atoms. The molecule has 1 saturated carbocycles. The largest absolute Gasteiger partial charge is 0.351 e. The fourth-order valence-electron chi connectivity index (χ4n) is 4.91. The van der Waals surface area contributed by atoms with Gasteiger partial charge in [-0.2, -0.15) is 0 Å². The van der Waals surface area contributed by atoms with E-state index in [9.17, 15) is 9.59 Å². The molecule has 1 saturated heterocycles. The molecule has 2 fully saturated rings. The molecule has 6 heteroatoms. The minimum atomic E-state index is 0.0853. The zero-order valence-corrected chi connectivity index (χ0v) is 17.9. The maximum Gasteiger partial charge on any atom is 0.252 e. The molecule has 1 unspecified atom stereocenters. The number of hydrogen-bond donors (Lipinski definition) is 1. The van der Waals surface area contributed by atoms with Crippen LogP contribution in [-0.2, 0) is 17.6 Å². The molecular weight excluding hydrogens is 370 g/mol. The number of nitrogens with one attached hydrogen (secondary N) is 1. The van der Waals surface area contributed by atoms with E-state index in [0.717, 1.165) is 69.9 Å². The van der Waals surface area contributed by atoms with Crippen LogP contribution in [0.3, 0.4) is 0 Å². The van der Waals surface area contributed by atoms with E-state index >= 15 is 0 Å². The number of carbonyl (C=O) groups excluding carboxylic acids is 2. The Bertz CT molecular complexity index is 703. The fourth-order valence-corrected chi connectivity index (χ4v) is 6.16. The van der Waals surface area contributed by atoms with Crippen LogP contribution < -0.4 is 5.32 Å². The van der Waals surface area contributed by atoms with E-state index in [4.69, 9.17) is 0 Å². The standard InChI is InChI=1S/C22H33N3O2S/c1-16-6-7-18-19(15-28-20(18)14-16)21(26)23-8-9-24-10-12-25(13-11-24)22(27)17-4-2-3-5-17/h15-17H,2-14H2,1H3,(H,23,26). The van der Waals surface area contributed by atoms with Crippen molar-refractivity contribution in [2.75, 3.05) is 39.3 Å². The molecule has 154 valence electrons. The summed E-state index contributed by atoms with van der Waals surface area (Å²) in [4.78, 5) is 31.0. The van der Waals surface area contributed by atoms with Gasteiger partial charge in [-0.1, -0.05) is 19.8 Å². The van der Waals surface area contributed by atoms with Gasteiger partial charge in [-0.05, 0) is 43.6 Å². The Morgan fingerprint density at radius 3 is 2.64 bits per heavy atom. The van der Waals surface area contributed by atoms with Crippen LogP contribution in [0.25, 0.3) is 0 Å². The molecule has 1 aromatic rings. The van der Waals surface area contributed by atoms with Gasteiger partial charge in [0.25, 0.3) is 5.91 Å². The minimum absolute atomic E-state index is 0.0853. The molecule has 0 aromatic carbocycles. The zero-order valence-electron chi connectivity index (χ0n) is 17.0. The van der Waals surface area contributed by atoms with Crippen LogP contribution in [0.4, 0.5) is 0 Å². The SMILES string of the molecule is CC1CCc2c(C(=O)NCCN3CCN(C(=O)C4CCCC4)CC3)csc2C1. The summed E-state index contributed by atoms with van der Waals surface area (Å²) in [7, 11) is 0. The van der Waals surface area contributed by atoms with Crippen LogP contribution in [0, 0.1) is 11.8 Å². The van der Waals surface area contributed by atoms with Crippen molar-refractivity contribution in [3.63, 3.8) is 0 Å². The van der Waals surface area contributed by atoms with E-state index < -0.39 is 0 Å². The van der Waals surface area contributed by atoms with E-state index in [0.29, 0.717) is 12.5 Å². The summed E-state index contributed by atoms with van der Waals surface area (Å²) in [5, 5.41) is 5.17. The first kappa shape index (κ1) is 19.9. The van der Waals surface area contributed by atoms with Gasteiger partial charge < -0.3 is 10.2 Å². The number of carbonyl (C=O) groups is 2. The lowest BCUT2D eigenvalue weighted by Gasteiger charge is -2.36. The van der Waals surface area contributed by atoms with E-state index in [2.05, 4.69) is 22.0 Å². The normalized spacial score (nSPS) is 23.6. The zero-order chi connectivity index (χ0) is 19.5. The second-order valence-electron chi connectivity index (χ2n) is 8.80. The number of thiophene rings is 1. The topological polar surface area (TPSA) is 52.7 Å². The van der Waals surface area contributed by atoms with Crippen LogP contribution in [0.15, 0.2) is 5.38 Å². The average Bonchev–Trinajstić information content (AvgIpc) is 3.37. The highest BCUT2D eigenvalue weighted by Crippen LogP contribution is 2.32. The molecular formula is C22H33N3O2S. The summed E-state index contributed by atoms with van der Waals surface area (Å²) in [6.45, 7) is 7.33. The fraction of sp³-hybridized carbons (Fsp3) is 0.727. The molecule has 3 aliphatic rings. The molecule has 0 bridgehead atoms. The Hall–Kier alpha value is -1.40. The van der Waals surface area contributed by atoms with E-state index in [1.54, 1.807) is 11.3 Å². The van der Waals surface area contributed by atoms with Crippen molar-refractivity contribution in [3.8, 4) is 0 Å². The highest BCUT2D eigenvalue weighted by molar-refractivity contribution is 7.10. The molecule has 1 aromatic heterocycles. The number of hydrogen-bond acceptors (Lipinski definition) is 4. The summed E-state index contributed by atoms with van der Waals surface area (Å²) in [6, 6.07) is 0. The van der Waals surface area contributed by atoms with Gasteiger partial charge in [-0.25, -0.2) is 0 Å². The first-order valence-corrected chi connectivity index (χ1v) is 11.9. The number of fused-ring (bicyclic) bond motifs is 1. The quantitative estimate of drug-likeness (QED) is 0.822. The highest BCUT2D eigenvalue weighted by atomic mass is 32.1. The highest BCUT2D eigenvalue weighted by Gasteiger charge is 2.29. The second-order valence-corrected chi connectivity index (χ2v) is 9.77. The van der Waals surface area contributed by atoms with Crippen molar-refractivity contribution < 1.29 is 9.59 Å². The summed E-state index contributed by atoms with van der Waals surface area (Å²) in [5.41, 5.74) is 2.19. The Morgan fingerprint density at radius 1 is 1.14 bits per heavy atom. The van der Waals surface area contributed by atoms with Gasteiger partial charge in [0.15, 0.2) is 0 Å². The molecule has 2 amide bonds. The summed E-state index contributed by atoms with van der Waals surface area (Å²) in [5.74, 6) is 1.48.